The first-order valence-corrected chi connectivity index (χ1v) is 10.3. The number of rotatable bonds is 3. The number of hydrogen-bond acceptors (Lipinski definition) is 2. The molecule has 138 valence electrons. The van der Waals surface area contributed by atoms with Crippen LogP contribution in [-0.4, -0.2) is 18.4 Å². The van der Waals surface area contributed by atoms with E-state index in [-0.39, 0.29) is 17.2 Å². The molecule has 1 aromatic rings. The van der Waals surface area contributed by atoms with Crippen LogP contribution in [0.4, 0.5) is 11.4 Å². The van der Waals surface area contributed by atoms with Crippen molar-refractivity contribution in [2.24, 2.45) is 23.2 Å². The van der Waals surface area contributed by atoms with Gasteiger partial charge < -0.3 is 10.2 Å². The Morgan fingerprint density at radius 2 is 1.73 bits per heavy atom. The van der Waals surface area contributed by atoms with Gasteiger partial charge in [-0.15, -0.1) is 0 Å². The zero-order valence-electron chi connectivity index (χ0n) is 15.4. The van der Waals surface area contributed by atoms with Crippen molar-refractivity contribution in [1.29, 1.82) is 0 Å². The molecule has 0 atom stereocenters. The van der Waals surface area contributed by atoms with Gasteiger partial charge in [0.1, 0.15) is 0 Å². The van der Waals surface area contributed by atoms with Gasteiger partial charge in [0.2, 0.25) is 11.8 Å². The van der Waals surface area contributed by atoms with E-state index in [2.05, 4.69) is 5.32 Å². The molecule has 4 aliphatic carbocycles. The molecule has 0 radical (unpaired) electrons. The Morgan fingerprint density at radius 1 is 1.04 bits per heavy atom. The lowest BCUT2D eigenvalue weighted by atomic mass is 9.49. The summed E-state index contributed by atoms with van der Waals surface area (Å²) in [6.45, 7) is 0.783. The third kappa shape index (κ3) is 2.74. The van der Waals surface area contributed by atoms with E-state index in [1.54, 1.807) is 0 Å². The minimum atomic E-state index is -0.133. The monoisotopic (exact) mass is 352 g/mol. The molecule has 1 aromatic carbocycles. The van der Waals surface area contributed by atoms with Crippen LogP contribution >= 0.6 is 0 Å². The Morgan fingerprint density at radius 3 is 2.38 bits per heavy atom. The Labute approximate surface area is 155 Å². The van der Waals surface area contributed by atoms with Gasteiger partial charge in [-0.2, -0.15) is 0 Å². The molecule has 0 aromatic heterocycles. The first-order valence-electron chi connectivity index (χ1n) is 10.3. The second kappa shape index (κ2) is 6.11. The van der Waals surface area contributed by atoms with E-state index in [0.717, 1.165) is 67.8 Å². The largest absolute Gasteiger partial charge is 0.326 e. The van der Waals surface area contributed by atoms with Crippen LogP contribution in [0, 0.1) is 23.2 Å². The Bertz CT molecular complexity index is 706. The molecule has 0 spiro atoms. The fourth-order valence-electron chi connectivity index (χ4n) is 6.48. The van der Waals surface area contributed by atoms with Crippen molar-refractivity contribution in [1.82, 2.24) is 0 Å². The van der Waals surface area contributed by atoms with Crippen LogP contribution in [0.2, 0.25) is 0 Å². The van der Waals surface area contributed by atoms with Crippen molar-refractivity contribution >= 4 is 23.2 Å². The predicted molar refractivity (Wildman–Crippen MR) is 102 cm³/mol. The van der Waals surface area contributed by atoms with Crippen LogP contribution in [0.3, 0.4) is 0 Å². The number of carbonyl (C=O) groups is 2. The minimum absolute atomic E-state index is 0.133. The van der Waals surface area contributed by atoms with Gasteiger partial charge in [-0.05, 0) is 87.3 Å². The highest BCUT2D eigenvalue weighted by Gasteiger charge is 2.54. The lowest BCUT2D eigenvalue weighted by Crippen LogP contribution is -2.51. The molecule has 0 unspecified atom stereocenters. The second-order valence-electron chi connectivity index (χ2n) is 9.20. The molecule has 4 saturated carbocycles. The number of piperidine rings is 1. The SMILES string of the molecule is O=C1CCCCN1c1cccc(NC(=O)C23CC4CC(CC(C4)C2)C3)c1. The maximum atomic E-state index is 13.2. The molecule has 5 fully saturated rings. The van der Waals surface area contributed by atoms with E-state index in [9.17, 15) is 9.59 Å². The summed E-state index contributed by atoms with van der Waals surface area (Å²) < 4.78 is 0. The minimum Gasteiger partial charge on any atom is -0.326 e. The third-order valence-electron chi connectivity index (χ3n) is 7.26. The first kappa shape index (κ1) is 16.3. The average Bonchev–Trinajstić information content (AvgIpc) is 2.61. The van der Waals surface area contributed by atoms with E-state index in [4.69, 9.17) is 0 Å². The molecular weight excluding hydrogens is 324 g/mol. The third-order valence-corrected chi connectivity index (χ3v) is 7.26. The molecule has 1 heterocycles. The van der Waals surface area contributed by atoms with E-state index < -0.39 is 0 Å². The first-order chi connectivity index (χ1) is 12.6. The molecule has 1 aliphatic heterocycles. The van der Waals surface area contributed by atoms with E-state index in [0.29, 0.717) is 6.42 Å². The van der Waals surface area contributed by atoms with Crippen molar-refractivity contribution in [3.63, 3.8) is 0 Å². The normalized spacial score (nSPS) is 35.6. The summed E-state index contributed by atoms with van der Waals surface area (Å²) in [5, 5.41) is 3.22. The zero-order chi connectivity index (χ0) is 17.7. The molecule has 1 saturated heterocycles. The maximum absolute atomic E-state index is 13.2. The molecule has 6 rings (SSSR count). The molecule has 4 heteroatoms. The average molecular weight is 352 g/mol. The van der Waals surface area contributed by atoms with Crippen LogP contribution in [-0.2, 0) is 9.59 Å². The summed E-state index contributed by atoms with van der Waals surface area (Å²) in [5.41, 5.74) is 1.62. The summed E-state index contributed by atoms with van der Waals surface area (Å²) in [6, 6.07) is 7.86. The summed E-state index contributed by atoms with van der Waals surface area (Å²) in [7, 11) is 0. The predicted octanol–water partition coefficient (Wildman–Crippen LogP) is 4.36. The maximum Gasteiger partial charge on any atom is 0.230 e. The van der Waals surface area contributed by atoms with Gasteiger partial charge in [-0.1, -0.05) is 6.07 Å². The topological polar surface area (TPSA) is 49.4 Å². The van der Waals surface area contributed by atoms with Gasteiger partial charge in [0.15, 0.2) is 0 Å². The Balaban J connectivity index is 1.34. The molecule has 4 bridgehead atoms. The highest BCUT2D eigenvalue weighted by molar-refractivity contribution is 5.98. The smallest absolute Gasteiger partial charge is 0.230 e. The van der Waals surface area contributed by atoms with E-state index >= 15 is 0 Å². The van der Waals surface area contributed by atoms with Crippen molar-refractivity contribution in [3.8, 4) is 0 Å². The van der Waals surface area contributed by atoms with Gasteiger partial charge in [-0.25, -0.2) is 0 Å². The second-order valence-corrected chi connectivity index (χ2v) is 9.20. The van der Waals surface area contributed by atoms with Crippen LogP contribution < -0.4 is 10.2 Å². The number of nitrogens with zero attached hydrogens (tertiary/aromatic N) is 1. The quantitative estimate of drug-likeness (QED) is 0.879. The van der Waals surface area contributed by atoms with Crippen molar-refractivity contribution < 1.29 is 9.59 Å². The fourth-order valence-corrected chi connectivity index (χ4v) is 6.48. The molecule has 26 heavy (non-hydrogen) atoms. The molecular formula is C22H28N2O2. The summed E-state index contributed by atoms with van der Waals surface area (Å²) in [5.74, 6) is 2.72. The summed E-state index contributed by atoms with van der Waals surface area (Å²) in [4.78, 5) is 27.3. The number of amides is 2. The number of nitrogens with one attached hydrogen (secondary N) is 1. The number of anilines is 2. The van der Waals surface area contributed by atoms with Gasteiger partial charge >= 0.3 is 0 Å². The fraction of sp³-hybridized carbons (Fsp3) is 0.636. The summed E-state index contributed by atoms with van der Waals surface area (Å²) in [6.07, 6.45) is 9.94. The van der Waals surface area contributed by atoms with Crippen LogP contribution in [0.15, 0.2) is 24.3 Å². The zero-order valence-corrected chi connectivity index (χ0v) is 15.4. The van der Waals surface area contributed by atoms with Gasteiger partial charge in [-0.3, -0.25) is 9.59 Å². The highest BCUT2D eigenvalue weighted by atomic mass is 16.2. The number of carbonyl (C=O) groups excluding carboxylic acids is 2. The highest BCUT2D eigenvalue weighted by Crippen LogP contribution is 2.60. The van der Waals surface area contributed by atoms with Gasteiger partial charge in [0, 0.05) is 24.3 Å². The van der Waals surface area contributed by atoms with Crippen molar-refractivity contribution in [3.05, 3.63) is 24.3 Å². The van der Waals surface area contributed by atoms with Crippen molar-refractivity contribution in [2.45, 2.75) is 57.8 Å². The Hall–Kier alpha value is -1.84. The number of benzene rings is 1. The molecule has 2 amide bonds. The van der Waals surface area contributed by atoms with Gasteiger partial charge in [0.05, 0.1) is 5.41 Å². The standard InChI is InChI=1S/C22H28N2O2/c25-20-6-1-2-7-24(20)19-5-3-4-18(11-19)23-21(26)22-12-15-8-16(13-22)10-17(9-15)14-22/h3-5,11,15-17H,1-2,6-10,12-14H2,(H,23,26). The summed E-state index contributed by atoms with van der Waals surface area (Å²) >= 11 is 0. The van der Waals surface area contributed by atoms with Crippen LogP contribution in [0.5, 0.6) is 0 Å². The lowest BCUT2D eigenvalue weighted by molar-refractivity contribution is -0.140. The number of hydrogen-bond donors (Lipinski definition) is 1. The molecule has 5 aliphatic rings. The van der Waals surface area contributed by atoms with E-state index in [1.165, 1.54) is 19.3 Å². The van der Waals surface area contributed by atoms with Crippen LogP contribution in [0.25, 0.3) is 0 Å². The Kier molecular flexibility index (Phi) is 3.84. The molecule has 4 nitrogen and oxygen atoms in total. The molecule has 1 N–H and O–H groups in total. The van der Waals surface area contributed by atoms with Gasteiger partial charge in [0.25, 0.3) is 0 Å². The van der Waals surface area contributed by atoms with Crippen LogP contribution in [0.1, 0.15) is 57.8 Å². The van der Waals surface area contributed by atoms with Crippen molar-refractivity contribution in [2.75, 3.05) is 16.8 Å². The van der Waals surface area contributed by atoms with E-state index in [1.807, 2.05) is 29.2 Å². The lowest BCUT2D eigenvalue weighted by Gasteiger charge is -2.55.